The van der Waals surface area contributed by atoms with Crippen LogP contribution in [0, 0.1) is 13.8 Å². The van der Waals surface area contributed by atoms with Crippen molar-refractivity contribution < 1.29 is 4.79 Å². The van der Waals surface area contributed by atoms with Crippen molar-refractivity contribution in [3.05, 3.63) is 58.4 Å². The van der Waals surface area contributed by atoms with Gasteiger partial charge in [0, 0.05) is 16.4 Å². The van der Waals surface area contributed by atoms with Crippen molar-refractivity contribution >= 4 is 23.2 Å². The van der Waals surface area contributed by atoms with Crippen LogP contribution in [-0.4, -0.2) is 10.9 Å². The highest BCUT2D eigenvalue weighted by atomic mass is 35.5. The largest absolute Gasteiger partial charge is 0.320 e. The highest BCUT2D eigenvalue weighted by Gasteiger charge is 2.09. The van der Waals surface area contributed by atoms with E-state index in [9.17, 15) is 4.79 Å². The molecule has 2 aromatic rings. The van der Waals surface area contributed by atoms with Crippen LogP contribution in [0.1, 0.15) is 21.7 Å². The van der Waals surface area contributed by atoms with Crippen LogP contribution in [-0.2, 0) is 0 Å². The standard InChI is InChI=1S/C14H13ClN2O/c1-9-6-7-11(15)8-13(9)17-14(18)12-5-3-4-10(2)16-12/h3-8H,1-2H3,(H,17,18). The average Bonchev–Trinajstić information content (AvgIpc) is 2.34. The number of hydrogen-bond donors (Lipinski definition) is 1. The topological polar surface area (TPSA) is 42.0 Å². The Hall–Kier alpha value is -1.87. The minimum absolute atomic E-state index is 0.232. The first-order chi connectivity index (χ1) is 8.56. The molecule has 0 aliphatic rings. The van der Waals surface area contributed by atoms with E-state index in [0.29, 0.717) is 16.4 Å². The van der Waals surface area contributed by atoms with Crippen LogP contribution in [0.2, 0.25) is 5.02 Å². The number of nitrogens with zero attached hydrogens (tertiary/aromatic N) is 1. The second kappa shape index (κ2) is 5.19. The van der Waals surface area contributed by atoms with Crippen LogP contribution in [0.4, 0.5) is 5.69 Å². The van der Waals surface area contributed by atoms with Crippen LogP contribution < -0.4 is 5.32 Å². The number of carbonyl (C=O) groups excluding carboxylic acids is 1. The first-order valence-electron chi connectivity index (χ1n) is 5.57. The van der Waals surface area contributed by atoms with Gasteiger partial charge >= 0.3 is 0 Å². The minimum atomic E-state index is -0.232. The molecule has 1 heterocycles. The molecule has 1 aromatic carbocycles. The Balaban J connectivity index is 2.24. The Bertz CT molecular complexity index is 596. The molecule has 1 N–H and O–H groups in total. The maximum atomic E-state index is 12.0. The number of amides is 1. The van der Waals surface area contributed by atoms with E-state index in [0.717, 1.165) is 11.3 Å². The molecule has 0 aliphatic heterocycles. The van der Waals surface area contributed by atoms with Gasteiger partial charge in [-0.05, 0) is 43.7 Å². The van der Waals surface area contributed by atoms with Gasteiger partial charge in [-0.25, -0.2) is 4.98 Å². The molecular weight excluding hydrogens is 248 g/mol. The molecule has 1 amide bonds. The molecular formula is C14H13ClN2O. The lowest BCUT2D eigenvalue weighted by atomic mass is 10.2. The molecule has 2 rings (SSSR count). The van der Waals surface area contributed by atoms with Crippen LogP contribution in [0.15, 0.2) is 36.4 Å². The molecule has 0 spiro atoms. The van der Waals surface area contributed by atoms with E-state index in [1.807, 2.05) is 32.0 Å². The number of pyridine rings is 1. The number of rotatable bonds is 2. The summed E-state index contributed by atoms with van der Waals surface area (Å²) in [5.74, 6) is -0.232. The molecule has 92 valence electrons. The maximum Gasteiger partial charge on any atom is 0.274 e. The summed E-state index contributed by atoms with van der Waals surface area (Å²) in [4.78, 5) is 16.2. The van der Waals surface area contributed by atoms with Gasteiger partial charge in [0.05, 0.1) is 0 Å². The van der Waals surface area contributed by atoms with E-state index in [-0.39, 0.29) is 5.91 Å². The fourth-order valence-electron chi connectivity index (χ4n) is 1.58. The van der Waals surface area contributed by atoms with Crippen molar-refractivity contribution in [1.82, 2.24) is 4.98 Å². The lowest BCUT2D eigenvalue weighted by molar-refractivity contribution is 0.102. The Morgan fingerprint density at radius 1 is 1.22 bits per heavy atom. The number of carbonyl (C=O) groups is 1. The summed E-state index contributed by atoms with van der Waals surface area (Å²) in [7, 11) is 0. The molecule has 0 radical (unpaired) electrons. The van der Waals surface area contributed by atoms with Gasteiger partial charge in [0.1, 0.15) is 5.69 Å². The number of benzene rings is 1. The van der Waals surface area contributed by atoms with Gasteiger partial charge in [-0.15, -0.1) is 0 Å². The summed E-state index contributed by atoms with van der Waals surface area (Å²) in [6.07, 6.45) is 0. The summed E-state index contributed by atoms with van der Waals surface area (Å²) in [5.41, 5.74) is 2.87. The third-order valence-electron chi connectivity index (χ3n) is 2.57. The Labute approximate surface area is 111 Å². The van der Waals surface area contributed by atoms with Crippen LogP contribution >= 0.6 is 11.6 Å². The van der Waals surface area contributed by atoms with Gasteiger partial charge in [-0.2, -0.15) is 0 Å². The average molecular weight is 261 g/mol. The molecule has 0 fully saturated rings. The van der Waals surface area contributed by atoms with Gasteiger partial charge in [0.2, 0.25) is 0 Å². The summed E-state index contributed by atoms with van der Waals surface area (Å²) >= 11 is 5.90. The van der Waals surface area contributed by atoms with Crippen LogP contribution in [0.5, 0.6) is 0 Å². The Morgan fingerprint density at radius 3 is 2.72 bits per heavy atom. The van der Waals surface area contributed by atoms with E-state index < -0.39 is 0 Å². The van der Waals surface area contributed by atoms with Crippen LogP contribution in [0.3, 0.4) is 0 Å². The number of aromatic nitrogens is 1. The third kappa shape index (κ3) is 2.87. The number of halogens is 1. The zero-order valence-corrected chi connectivity index (χ0v) is 11.0. The van der Waals surface area contributed by atoms with Crippen molar-refractivity contribution in [2.75, 3.05) is 5.32 Å². The highest BCUT2D eigenvalue weighted by Crippen LogP contribution is 2.20. The van der Waals surface area contributed by atoms with Crippen molar-refractivity contribution in [2.24, 2.45) is 0 Å². The van der Waals surface area contributed by atoms with E-state index in [1.165, 1.54) is 0 Å². The van der Waals surface area contributed by atoms with Gasteiger partial charge in [-0.1, -0.05) is 23.7 Å². The fraction of sp³-hybridized carbons (Fsp3) is 0.143. The molecule has 1 aromatic heterocycles. The van der Waals surface area contributed by atoms with Gasteiger partial charge in [-0.3, -0.25) is 4.79 Å². The van der Waals surface area contributed by atoms with Gasteiger partial charge < -0.3 is 5.32 Å². The molecule has 0 bridgehead atoms. The van der Waals surface area contributed by atoms with Crippen molar-refractivity contribution in [3.63, 3.8) is 0 Å². The lowest BCUT2D eigenvalue weighted by Gasteiger charge is -2.08. The molecule has 0 aliphatic carbocycles. The second-order valence-corrected chi connectivity index (χ2v) is 4.51. The summed E-state index contributed by atoms with van der Waals surface area (Å²) < 4.78 is 0. The monoisotopic (exact) mass is 260 g/mol. The van der Waals surface area contributed by atoms with Crippen molar-refractivity contribution in [1.29, 1.82) is 0 Å². The predicted molar refractivity (Wildman–Crippen MR) is 73.1 cm³/mol. The number of anilines is 1. The molecule has 4 heteroatoms. The number of aryl methyl sites for hydroxylation is 2. The SMILES string of the molecule is Cc1cccc(C(=O)Nc2cc(Cl)ccc2C)n1. The number of nitrogens with one attached hydrogen (secondary N) is 1. The highest BCUT2D eigenvalue weighted by molar-refractivity contribution is 6.31. The summed E-state index contributed by atoms with van der Waals surface area (Å²) in [6, 6.07) is 10.7. The smallest absolute Gasteiger partial charge is 0.274 e. The zero-order chi connectivity index (χ0) is 13.1. The second-order valence-electron chi connectivity index (χ2n) is 4.08. The van der Waals surface area contributed by atoms with Gasteiger partial charge in [0.15, 0.2) is 0 Å². The van der Waals surface area contributed by atoms with E-state index in [4.69, 9.17) is 11.6 Å². The lowest BCUT2D eigenvalue weighted by Crippen LogP contribution is -2.14. The van der Waals surface area contributed by atoms with Gasteiger partial charge in [0.25, 0.3) is 5.91 Å². The Morgan fingerprint density at radius 2 is 2.00 bits per heavy atom. The first-order valence-corrected chi connectivity index (χ1v) is 5.95. The fourth-order valence-corrected chi connectivity index (χ4v) is 1.76. The first kappa shape index (κ1) is 12.6. The van der Waals surface area contributed by atoms with Crippen molar-refractivity contribution in [3.8, 4) is 0 Å². The van der Waals surface area contributed by atoms with E-state index >= 15 is 0 Å². The summed E-state index contributed by atoms with van der Waals surface area (Å²) in [6.45, 7) is 3.76. The van der Waals surface area contributed by atoms with E-state index in [1.54, 1.807) is 18.2 Å². The van der Waals surface area contributed by atoms with E-state index in [2.05, 4.69) is 10.3 Å². The molecule has 18 heavy (non-hydrogen) atoms. The molecule has 0 atom stereocenters. The predicted octanol–water partition coefficient (Wildman–Crippen LogP) is 3.60. The molecule has 3 nitrogen and oxygen atoms in total. The minimum Gasteiger partial charge on any atom is -0.320 e. The molecule has 0 unspecified atom stereocenters. The van der Waals surface area contributed by atoms with Crippen LogP contribution in [0.25, 0.3) is 0 Å². The molecule has 0 saturated carbocycles. The normalized spacial score (nSPS) is 10.2. The van der Waals surface area contributed by atoms with Crippen molar-refractivity contribution in [2.45, 2.75) is 13.8 Å². The number of hydrogen-bond acceptors (Lipinski definition) is 2. The molecule has 0 saturated heterocycles. The third-order valence-corrected chi connectivity index (χ3v) is 2.80. The Kier molecular flexibility index (Phi) is 3.63. The quantitative estimate of drug-likeness (QED) is 0.896. The maximum absolute atomic E-state index is 12.0. The zero-order valence-electron chi connectivity index (χ0n) is 10.2. The summed E-state index contributed by atoms with van der Waals surface area (Å²) in [5, 5.41) is 3.40.